The van der Waals surface area contributed by atoms with Gasteiger partial charge in [-0.1, -0.05) is 6.07 Å². The Labute approximate surface area is 121 Å². The van der Waals surface area contributed by atoms with E-state index in [2.05, 4.69) is 9.97 Å². The molecule has 0 aliphatic rings. The highest BCUT2D eigenvalue weighted by molar-refractivity contribution is 7.09. The third kappa shape index (κ3) is 2.20. The van der Waals surface area contributed by atoms with E-state index in [1.807, 2.05) is 49.9 Å². The van der Waals surface area contributed by atoms with Crippen molar-refractivity contribution in [1.29, 1.82) is 0 Å². The Morgan fingerprint density at radius 1 is 1.40 bits per heavy atom. The molecule has 0 unspecified atom stereocenters. The molecule has 5 heteroatoms. The van der Waals surface area contributed by atoms with E-state index >= 15 is 0 Å². The Morgan fingerprint density at radius 2 is 2.25 bits per heavy atom. The number of aromatic amines is 1. The molecule has 3 rings (SSSR count). The molecule has 4 nitrogen and oxygen atoms in total. The number of rotatable bonds is 3. The maximum Gasteiger partial charge on any atom is 0.254 e. The molecule has 2 aromatic heterocycles. The number of hydrogen-bond donors (Lipinski definition) is 1. The number of thiazole rings is 1. The fraction of sp³-hybridized carbons (Fsp3) is 0.200. The molecule has 3 aromatic rings. The normalized spacial score (nSPS) is 10.9. The molecule has 0 saturated carbocycles. The summed E-state index contributed by atoms with van der Waals surface area (Å²) in [5.74, 6) is 0.0306. The van der Waals surface area contributed by atoms with Crippen molar-refractivity contribution in [1.82, 2.24) is 14.9 Å². The van der Waals surface area contributed by atoms with Crippen LogP contribution in [0.3, 0.4) is 0 Å². The summed E-state index contributed by atoms with van der Waals surface area (Å²) in [5, 5.41) is 0.963. The predicted molar refractivity (Wildman–Crippen MR) is 80.9 cm³/mol. The third-order valence-electron chi connectivity index (χ3n) is 3.40. The van der Waals surface area contributed by atoms with E-state index in [1.165, 1.54) is 0 Å². The lowest BCUT2D eigenvalue weighted by atomic mass is 10.1. The van der Waals surface area contributed by atoms with Gasteiger partial charge in [0.2, 0.25) is 0 Å². The number of carbonyl (C=O) groups is 1. The molecule has 20 heavy (non-hydrogen) atoms. The number of hydrogen-bond acceptors (Lipinski definition) is 3. The largest absolute Gasteiger partial charge is 0.361 e. The van der Waals surface area contributed by atoms with E-state index in [1.54, 1.807) is 16.2 Å². The van der Waals surface area contributed by atoms with Gasteiger partial charge in [-0.2, -0.15) is 0 Å². The van der Waals surface area contributed by atoms with Crippen molar-refractivity contribution in [3.8, 4) is 0 Å². The molecule has 1 amide bonds. The number of aromatic nitrogens is 2. The van der Waals surface area contributed by atoms with Gasteiger partial charge in [-0.25, -0.2) is 4.98 Å². The number of benzene rings is 1. The summed E-state index contributed by atoms with van der Waals surface area (Å²) in [6.45, 7) is 2.56. The summed E-state index contributed by atoms with van der Waals surface area (Å²) >= 11 is 1.58. The number of H-pyrrole nitrogens is 1. The average molecular weight is 285 g/mol. The van der Waals surface area contributed by atoms with E-state index in [-0.39, 0.29) is 5.91 Å². The number of nitrogens with one attached hydrogen (secondary N) is 1. The van der Waals surface area contributed by atoms with Crippen molar-refractivity contribution < 1.29 is 4.79 Å². The predicted octanol–water partition coefficient (Wildman–Crippen LogP) is 3.21. The first-order valence-corrected chi connectivity index (χ1v) is 7.25. The molecule has 0 fully saturated rings. The van der Waals surface area contributed by atoms with Gasteiger partial charge >= 0.3 is 0 Å². The van der Waals surface area contributed by atoms with E-state index in [0.29, 0.717) is 6.54 Å². The van der Waals surface area contributed by atoms with Crippen LogP contribution in [0.5, 0.6) is 0 Å². The minimum absolute atomic E-state index is 0.0306. The summed E-state index contributed by atoms with van der Waals surface area (Å²) in [6, 6.07) is 7.68. The molecule has 0 aliphatic heterocycles. The molecule has 0 spiro atoms. The van der Waals surface area contributed by atoms with Crippen molar-refractivity contribution in [2.75, 3.05) is 7.05 Å². The lowest BCUT2D eigenvalue weighted by Crippen LogP contribution is -2.26. The first kappa shape index (κ1) is 12.9. The topological polar surface area (TPSA) is 49.0 Å². The van der Waals surface area contributed by atoms with Crippen molar-refractivity contribution >= 4 is 28.1 Å². The third-order valence-corrected chi connectivity index (χ3v) is 4.32. The van der Waals surface area contributed by atoms with Crippen molar-refractivity contribution in [2.24, 2.45) is 0 Å². The van der Waals surface area contributed by atoms with Crippen LogP contribution >= 0.6 is 11.3 Å². The number of carbonyl (C=O) groups excluding carboxylic acids is 1. The Bertz CT molecular complexity index is 759. The summed E-state index contributed by atoms with van der Waals surface area (Å²) in [4.78, 5) is 22.8. The number of fused-ring (bicyclic) bond motifs is 1. The van der Waals surface area contributed by atoms with E-state index in [0.717, 1.165) is 27.0 Å². The van der Waals surface area contributed by atoms with Crippen LogP contribution in [0.2, 0.25) is 0 Å². The summed E-state index contributed by atoms with van der Waals surface area (Å²) in [6.07, 6.45) is 1.86. The monoisotopic (exact) mass is 285 g/mol. The van der Waals surface area contributed by atoms with Crippen LogP contribution in [0, 0.1) is 6.92 Å². The number of amides is 1. The molecule has 2 heterocycles. The Hall–Kier alpha value is -2.14. The second kappa shape index (κ2) is 5.09. The highest BCUT2D eigenvalue weighted by Gasteiger charge is 2.16. The lowest BCUT2D eigenvalue weighted by Gasteiger charge is -2.17. The fourth-order valence-electron chi connectivity index (χ4n) is 2.24. The van der Waals surface area contributed by atoms with Crippen LogP contribution in [0.1, 0.15) is 20.9 Å². The Balaban J connectivity index is 1.88. The zero-order valence-electron chi connectivity index (χ0n) is 11.4. The van der Waals surface area contributed by atoms with Crippen LogP contribution in [-0.2, 0) is 6.54 Å². The van der Waals surface area contributed by atoms with Crippen molar-refractivity contribution in [3.05, 3.63) is 52.1 Å². The van der Waals surface area contributed by atoms with Gasteiger partial charge in [-0.05, 0) is 25.1 Å². The van der Waals surface area contributed by atoms with Crippen LogP contribution in [0.25, 0.3) is 10.9 Å². The smallest absolute Gasteiger partial charge is 0.254 e. The van der Waals surface area contributed by atoms with Crippen LogP contribution in [0.4, 0.5) is 0 Å². The summed E-state index contributed by atoms with van der Waals surface area (Å²) in [5.41, 5.74) is 4.52. The minimum atomic E-state index is 0.0306. The zero-order chi connectivity index (χ0) is 14.1. The van der Waals surface area contributed by atoms with Gasteiger partial charge in [0.05, 0.1) is 17.7 Å². The fourth-order valence-corrected chi connectivity index (χ4v) is 3.07. The van der Waals surface area contributed by atoms with Crippen LogP contribution in [0.15, 0.2) is 36.0 Å². The molecule has 102 valence electrons. The quantitative estimate of drug-likeness (QED) is 0.803. The molecule has 1 aromatic carbocycles. The molecule has 1 N–H and O–H groups in total. The first-order valence-electron chi connectivity index (χ1n) is 6.37. The summed E-state index contributed by atoms with van der Waals surface area (Å²) in [7, 11) is 1.83. The highest BCUT2D eigenvalue weighted by atomic mass is 32.1. The minimum Gasteiger partial charge on any atom is -0.361 e. The average Bonchev–Trinajstić information content (AvgIpc) is 3.07. The standard InChI is InChI=1S/C15H15N3OS/c1-10-14(20-9-17-10)8-18(2)15(19)12-4-3-5-13-11(12)6-7-16-13/h3-7,9,16H,8H2,1-2H3. The maximum absolute atomic E-state index is 12.6. The van der Waals surface area contributed by atoms with E-state index in [4.69, 9.17) is 0 Å². The lowest BCUT2D eigenvalue weighted by molar-refractivity contribution is 0.0788. The van der Waals surface area contributed by atoms with Crippen molar-refractivity contribution in [3.63, 3.8) is 0 Å². The number of nitrogens with zero attached hydrogens (tertiary/aromatic N) is 2. The molecule has 0 bridgehead atoms. The van der Waals surface area contributed by atoms with Gasteiger partial charge in [0, 0.05) is 34.6 Å². The van der Waals surface area contributed by atoms with Gasteiger partial charge in [0.15, 0.2) is 0 Å². The van der Waals surface area contributed by atoms with E-state index in [9.17, 15) is 4.79 Å². The molecule has 0 radical (unpaired) electrons. The molecule has 0 aliphatic carbocycles. The van der Waals surface area contributed by atoms with E-state index < -0.39 is 0 Å². The van der Waals surface area contributed by atoms with Gasteiger partial charge in [0.1, 0.15) is 0 Å². The van der Waals surface area contributed by atoms with Crippen LogP contribution < -0.4 is 0 Å². The Kier molecular flexibility index (Phi) is 3.28. The van der Waals surface area contributed by atoms with Crippen LogP contribution in [-0.4, -0.2) is 27.8 Å². The summed E-state index contributed by atoms with van der Waals surface area (Å²) < 4.78 is 0. The molecule has 0 atom stereocenters. The molecular weight excluding hydrogens is 270 g/mol. The van der Waals surface area contributed by atoms with Gasteiger partial charge in [-0.3, -0.25) is 4.79 Å². The molecule has 0 saturated heterocycles. The molecular formula is C15H15N3OS. The van der Waals surface area contributed by atoms with Gasteiger partial charge < -0.3 is 9.88 Å². The second-order valence-corrected chi connectivity index (χ2v) is 5.71. The first-order chi connectivity index (χ1) is 9.66. The second-order valence-electron chi connectivity index (χ2n) is 4.77. The van der Waals surface area contributed by atoms with Crippen molar-refractivity contribution in [2.45, 2.75) is 13.5 Å². The Morgan fingerprint density at radius 3 is 3.00 bits per heavy atom. The SMILES string of the molecule is Cc1ncsc1CN(C)C(=O)c1cccc2[nH]ccc12. The number of aryl methyl sites for hydroxylation is 1. The highest BCUT2D eigenvalue weighted by Crippen LogP contribution is 2.20. The zero-order valence-corrected chi connectivity index (χ0v) is 12.2. The maximum atomic E-state index is 12.6. The van der Waals surface area contributed by atoms with Gasteiger partial charge in [-0.15, -0.1) is 11.3 Å². The van der Waals surface area contributed by atoms with Gasteiger partial charge in [0.25, 0.3) is 5.91 Å².